The summed E-state index contributed by atoms with van der Waals surface area (Å²) in [6.07, 6.45) is 7.68. The molecule has 0 radical (unpaired) electrons. The fraction of sp³-hybridized carbons (Fsp3) is 0.524. The molecule has 136 valence electrons. The summed E-state index contributed by atoms with van der Waals surface area (Å²) in [6.45, 7) is 0. The van der Waals surface area contributed by atoms with E-state index in [1.54, 1.807) is 0 Å². The Morgan fingerprint density at radius 3 is 2.27 bits per heavy atom. The highest BCUT2D eigenvalue weighted by molar-refractivity contribution is 6.30. The van der Waals surface area contributed by atoms with Crippen LogP contribution in [0, 0.1) is 17.8 Å². The number of carbonyl (C=O) groups is 1. The van der Waals surface area contributed by atoms with E-state index in [0.29, 0.717) is 10.7 Å². The molecule has 1 heterocycles. The molecule has 26 heavy (non-hydrogen) atoms. The molecule has 1 amide bonds. The second kappa shape index (κ2) is 5.85. The van der Waals surface area contributed by atoms with Crippen LogP contribution in [0.5, 0.6) is 0 Å². The average molecular weight is 370 g/mol. The summed E-state index contributed by atoms with van der Waals surface area (Å²) in [5.74, 6) is 2.54. The number of nitrogens with zero attached hydrogens (tertiary/aromatic N) is 2. The van der Waals surface area contributed by atoms with Crippen molar-refractivity contribution in [2.75, 3.05) is 7.05 Å². The molecule has 0 unspecified atom stereocenters. The van der Waals surface area contributed by atoms with Gasteiger partial charge in [0.15, 0.2) is 0 Å². The number of rotatable bonds is 3. The first kappa shape index (κ1) is 16.4. The van der Waals surface area contributed by atoms with Gasteiger partial charge in [0.1, 0.15) is 5.69 Å². The van der Waals surface area contributed by atoms with Gasteiger partial charge in [0, 0.05) is 23.2 Å². The normalized spacial score (nSPS) is 32.0. The lowest BCUT2D eigenvalue weighted by Crippen LogP contribution is -2.60. The monoisotopic (exact) mass is 369 g/mol. The van der Waals surface area contributed by atoms with Gasteiger partial charge in [-0.1, -0.05) is 23.7 Å². The third-order valence-electron chi connectivity index (χ3n) is 6.97. The summed E-state index contributed by atoms with van der Waals surface area (Å²) in [4.78, 5) is 15.2. The Morgan fingerprint density at radius 2 is 1.69 bits per heavy atom. The Kier molecular flexibility index (Phi) is 3.68. The minimum atomic E-state index is 0.0668. The third kappa shape index (κ3) is 2.58. The molecule has 0 saturated heterocycles. The van der Waals surface area contributed by atoms with E-state index in [2.05, 4.69) is 10.2 Å². The SMILES string of the molecule is CN(C(=O)c1cc(-c2ccc(Cl)cc2)n[nH]1)C12CC3CC(CC(C3)C1)C2. The van der Waals surface area contributed by atoms with E-state index < -0.39 is 0 Å². The van der Waals surface area contributed by atoms with Gasteiger partial charge in [0.2, 0.25) is 0 Å². The largest absolute Gasteiger partial charge is 0.335 e. The summed E-state index contributed by atoms with van der Waals surface area (Å²) < 4.78 is 0. The second-order valence-corrected chi connectivity index (χ2v) is 9.12. The highest BCUT2D eigenvalue weighted by Gasteiger charge is 2.53. The van der Waals surface area contributed by atoms with Crippen LogP contribution in [-0.4, -0.2) is 33.6 Å². The molecule has 4 aliphatic carbocycles. The van der Waals surface area contributed by atoms with E-state index in [4.69, 9.17) is 11.6 Å². The van der Waals surface area contributed by atoms with Crippen LogP contribution in [-0.2, 0) is 0 Å². The number of H-pyrrole nitrogens is 1. The van der Waals surface area contributed by atoms with E-state index in [-0.39, 0.29) is 11.4 Å². The minimum Gasteiger partial charge on any atom is -0.335 e. The van der Waals surface area contributed by atoms with Crippen LogP contribution in [0.2, 0.25) is 5.02 Å². The first-order chi connectivity index (χ1) is 12.5. The van der Waals surface area contributed by atoms with Gasteiger partial charge in [-0.25, -0.2) is 0 Å². The lowest BCUT2D eigenvalue weighted by Gasteiger charge is -2.59. The predicted octanol–water partition coefficient (Wildman–Crippen LogP) is 4.77. The minimum absolute atomic E-state index is 0.0668. The Morgan fingerprint density at radius 1 is 1.12 bits per heavy atom. The molecule has 1 aromatic heterocycles. The van der Waals surface area contributed by atoms with Crippen molar-refractivity contribution in [3.8, 4) is 11.3 Å². The van der Waals surface area contributed by atoms with E-state index in [9.17, 15) is 4.79 Å². The smallest absolute Gasteiger partial charge is 0.272 e. The first-order valence-electron chi connectivity index (χ1n) is 9.62. The number of amides is 1. The Bertz CT molecular complexity index is 806. The van der Waals surface area contributed by atoms with Crippen molar-refractivity contribution < 1.29 is 4.79 Å². The topological polar surface area (TPSA) is 49.0 Å². The molecule has 4 aliphatic rings. The fourth-order valence-electron chi connectivity index (χ4n) is 6.07. The zero-order valence-electron chi connectivity index (χ0n) is 15.0. The number of hydrogen-bond donors (Lipinski definition) is 1. The summed E-state index contributed by atoms with van der Waals surface area (Å²) in [7, 11) is 2.00. The molecule has 5 heteroatoms. The summed E-state index contributed by atoms with van der Waals surface area (Å²) in [5.41, 5.74) is 2.39. The van der Waals surface area contributed by atoms with Crippen LogP contribution >= 0.6 is 11.6 Å². The summed E-state index contributed by atoms with van der Waals surface area (Å²) in [5, 5.41) is 8.00. The molecule has 4 bridgehead atoms. The van der Waals surface area contributed by atoms with Gasteiger partial charge >= 0.3 is 0 Å². The first-order valence-corrected chi connectivity index (χ1v) is 10.00. The van der Waals surface area contributed by atoms with Crippen molar-refractivity contribution >= 4 is 17.5 Å². The number of carbonyl (C=O) groups excluding carboxylic acids is 1. The number of aromatic nitrogens is 2. The lowest BCUT2D eigenvalue weighted by molar-refractivity contribution is -0.0667. The molecule has 1 N–H and O–H groups in total. The van der Waals surface area contributed by atoms with Crippen molar-refractivity contribution in [3.63, 3.8) is 0 Å². The molecule has 6 rings (SSSR count). The highest BCUT2D eigenvalue weighted by atomic mass is 35.5. The number of benzene rings is 1. The van der Waals surface area contributed by atoms with Gasteiger partial charge in [0.25, 0.3) is 5.91 Å². The molecular weight excluding hydrogens is 346 g/mol. The standard InChI is InChI=1S/C21H24ClN3O/c1-25(21-10-13-6-14(11-21)8-15(7-13)12-21)20(26)19-9-18(23-24-19)16-2-4-17(22)5-3-16/h2-5,9,13-15H,6-8,10-12H2,1H3,(H,23,24). The van der Waals surface area contributed by atoms with Crippen molar-refractivity contribution in [1.29, 1.82) is 0 Å². The molecule has 0 spiro atoms. The van der Waals surface area contributed by atoms with Crippen LogP contribution in [0.4, 0.5) is 0 Å². The van der Waals surface area contributed by atoms with Crippen molar-refractivity contribution in [3.05, 3.63) is 41.0 Å². The zero-order chi connectivity index (χ0) is 17.9. The molecule has 4 fully saturated rings. The average Bonchev–Trinajstić information content (AvgIpc) is 3.10. The number of hydrogen-bond acceptors (Lipinski definition) is 2. The Labute approximate surface area is 158 Å². The van der Waals surface area contributed by atoms with Crippen LogP contribution < -0.4 is 0 Å². The molecule has 1 aromatic carbocycles. The lowest BCUT2D eigenvalue weighted by atomic mass is 9.52. The molecule has 4 saturated carbocycles. The van der Waals surface area contributed by atoms with E-state index in [1.165, 1.54) is 38.5 Å². The van der Waals surface area contributed by atoms with Gasteiger partial charge in [-0.15, -0.1) is 0 Å². The maximum absolute atomic E-state index is 13.2. The zero-order valence-corrected chi connectivity index (χ0v) is 15.8. The Hall–Kier alpha value is -1.81. The van der Waals surface area contributed by atoms with Crippen molar-refractivity contribution in [2.24, 2.45) is 17.8 Å². The van der Waals surface area contributed by atoms with Crippen LogP contribution in [0.3, 0.4) is 0 Å². The predicted molar refractivity (Wildman–Crippen MR) is 102 cm³/mol. The van der Waals surface area contributed by atoms with E-state index in [1.807, 2.05) is 42.3 Å². The van der Waals surface area contributed by atoms with E-state index in [0.717, 1.165) is 29.0 Å². The van der Waals surface area contributed by atoms with Gasteiger partial charge in [-0.3, -0.25) is 9.89 Å². The molecule has 0 aliphatic heterocycles. The van der Waals surface area contributed by atoms with Crippen LogP contribution in [0.1, 0.15) is 49.0 Å². The van der Waals surface area contributed by atoms with E-state index >= 15 is 0 Å². The number of aromatic amines is 1. The highest BCUT2D eigenvalue weighted by Crippen LogP contribution is 2.57. The quantitative estimate of drug-likeness (QED) is 0.847. The van der Waals surface area contributed by atoms with Crippen LogP contribution in [0.15, 0.2) is 30.3 Å². The van der Waals surface area contributed by atoms with Crippen LogP contribution in [0.25, 0.3) is 11.3 Å². The van der Waals surface area contributed by atoms with Gasteiger partial charge in [-0.2, -0.15) is 5.10 Å². The number of nitrogens with one attached hydrogen (secondary N) is 1. The van der Waals surface area contributed by atoms with Gasteiger partial charge in [-0.05, 0) is 74.5 Å². The molecular formula is C21H24ClN3O. The van der Waals surface area contributed by atoms with Crippen molar-refractivity contribution in [1.82, 2.24) is 15.1 Å². The molecule has 0 atom stereocenters. The van der Waals surface area contributed by atoms with Crippen molar-refractivity contribution in [2.45, 2.75) is 44.1 Å². The Balaban J connectivity index is 1.39. The maximum atomic E-state index is 13.2. The van der Waals surface area contributed by atoms with Gasteiger partial charge in [0.05, 0.1) is 5.69 Å². The number of halogens is 1. The molecule has 4 nitrogen and oxygen atoms in total. The third-order valence-corrected chi connectivity index (χ3v) is 7.22. The second-order valence-electron chi connectivity index (χ2n) is 8.68. The summed E-state index contributed by atoms with van der Waals surface area (Å²) >= 11 is 5.96. The molecule has 2 aromatic rings. The maximum Gasteiger partial charge on any atom is 0.272 e. The fourth-order valence-corrected chi connectivity index (χ4v) is 6.20. The summed E-state index contributed by atoms with van der Waals surface area (Å²) in [6, 6.07) is 9.40. The van der Waals surface area contributed by atoms with Gasteiger partial charge < -0.3 is 4.90 Å².